The maximum atomic E-state index is 6.91. The standard InChI is InChI=1S/C41H43NO4/c1-6-16-33(17-7-1)26-42-27-39(44-29-35-20-10-3-11-21-35)41(46-31-37-24-14-5-15-25-37)40(45-30-36-22-12-4-13-23-36)38(42)32-43-28-34-18-8-2-9-19-34/h1-25,38-41H,26-32H2/t38?,39-,40-,41?/m1/s1. The molecule has 46 heavy (non-hydrogen) atoms. The first-order valence-electron chi connectivity index (χ1n) is 16.2. The molecule has 4 atom stereocenters. The van der Waals surface area contributed by atoms with Crippen molar-refractivity contribution in [2.24, 2.45) is 0 Å². The number of ether oxygens (including phenoxy) is 4. The van der Waals surface area contributed by atoms with Crippen LogP contribution in [-0.2, 0) is 51.9 Å². The highest BCUT2D eigenvalue weighted by Gasteiger charge is 2.46. The van der Waals surface area contributed by atoms with Crippen LogP contribution >= 0.6 is 0 Å². The van der Waals surface area contributed by atoms with E-state index in [2.05, 4.69) is 120 Å². The Bertz CT molecular complexity index is 1530. The van der Waals surface area contributed by atoms with Crippen LogP contribution in [0.2, 0.25) is 0 Å². The Kier molecular flexibility index (Phi) is 11.8. The Morgan fingerprint density at radius 1 is 0.435 bits per heavy atom. The quantitative estimate of drug-likeness (QED) is 0.120. The van der Waals surface area contributed by atoms with Crippen molar-refractivity contribution in [3.05, 3.63) is 179 Å². The van der Waals surface area contributed by atoms with Crippen LogP contribution in [0.25, 0.3) is 0 Å². The molecule has 1 aliphatic heterocycles. The van der Waals surface area contributed by atoms with Gasteiger partial charge in [0.2, 0.25) is 0 Å². The number of likely N-dealkylation sites (tertiary alicyclic amines) is 1. The molecule has 1 heterocycles. The molecule has 0 aliphatic carbocycles. The molecule has 5 aromatic rings. The van der Waals surface area contributed by atoms with Crippen LogP contribution in [0, 0.1) is 0 Å². The van der Waals surface area contributed by atoms with Gasteiger partial charge in [-0.2, -0.15) is 0 Å². The summed E-state index contributed by atoms with van der Waals surface area (Å²) in [6.07, 6.45) is -0.846. The van der Waals surface area contributed by atoms with Crippen molar-refractivity contribution in [3.63, 3.8) is 0 Å². The van der Waals surface area contributed by atoms with Crippen molar-refractivity contribution in [2.75, 3.05) is 13.2 Å². The Labute approximate surface area is 273 Å². The summed E-state index contributed by atoms with van der Waals surface area (Å²) in [6, 6.07) is 51.9. The largest absolute Gasteiger partial charge is 0.375 e. The lowest BCUT2D eigenvalue weighted by atomic mass is 9.92. The van der Waals surface area contributed by atoms with Gasteiger partial charge >= 0.3 is 0 Å². The monoisotopic (exact) mass is 613 g/mol. The summed E-state index contributed by atoms with van der Waals surface area (Å²) in [6.45, 7) is 3.90. The molecule has 0 spiro atoms. The van der Waals surface area contributed by atoms with Crippen LogP contribution in [0.5, 0.6) is 0 Å². The highest BCUT2D eigenvalue weighted by molar-refractivity contribution is 5.18. The van der Waals surface area contributed by atoms with Crippen molar-refractivity contribution in [2.45, 2.75) is 57.3 Å². The van der Waals surface area contributed by atoms with Crippen LogP contribution in [0.4, 0.5) is 0 Å². The molecule has 5 nitrogen and oxygen atoms in total. The van der Waals surface area contributed by atoms with E-state index in [4.69, 9.17) is 18.9 Å². The molecule has 0 aromatic heterocycles. The SMILES string of the molecule is c1ccc(COCC2[C@@H](OCc3ccccc3)C(OCc3ccccc3)[C@H](OCc3ccccc3)CN2Cc2ccccc2)cc1. The zero-order chi connectivity index (χ0) is 31.2. The van der Waals surface area contributed by atoms with Crippen LogP contribution in [-0.4, -0.2) is 42.4 Å². The molecule has 5 aromatic carbocycles. The fourth-order valence-electron chi connectivity index (χ4n) is 6.05. The minimum Gasteiger partial charge on any atom is -0.375 e. The maximum Gasteiger partial charge on any atom is 0.113 e. The van der Waals surface area contributed by atoms with Crippen molar-refractivity contribution < 1.29 is 18.9 Å². The molecule has 5 heteroatoms. The molecular formula is C41H43NO4. The molecule has 1 aliphatic rings. The Morgan fingerprint density at radius 2 is 0.826 bits per heavy atom. The number of hydrogen-bond acceptors (Lipinski definition) is 5. The van der Waals surface area contributed by atoms with E-state index in [1.165, 1.54) is 5.56 Å². The molecule has 1 fully saturated rings. The van der Waals surface area contributed by atoms with Gasteiger partial charge < -0.3 is 18.9 Å². The molecule has 0 amide bonds. The highest BCUT2D eigenvalue weighted by atomic mass is 16.6. The average molecular weight is 614 g/mol. The molecule has 0 N–H and O–H groups in total. The summed E-state index contributed by atoms with van der Waals surface area (Å²) >= 11 is 0. The number of rotatable bonds is 15. The van der Waals surface area contributed by atoms with E-state index in [1.807, 2.05) is 36.4 Å². The minimum absolute atomic E-state index is 0.0648. The van der Waals surface area contributed by atoms with Gasteiger partial charge in [0, 0.05) is 13.1 Å². The third-order valence-corrected chi connectivity index (χ3v) is 8.46. The van der Waals surface area contributed by atoms with Crippen LogP contribution in [0.15, 0.2) is 152 Å². The third kappa shape index (κ3) is 9.23. The minimum atomic E-state index is -0.315. The van der Waals surface area contributed by atoms with Gasteiger partial charge in [0.15, 0.2) is 0 Å². The van der Waals surface area contributed by atoms with Gasteiger partial charge in [-0.05, 0) is 27.8 Å². The Hall–Kier alpha value is -4.10. The lowest BCUT2D eigenvalue weighted by Gasteiger charge is -2.48. The first kappa shape index (κ1) is 31.9. The molecule has 0 bridgehead atoms. The van der Waals surface area contributed by atoms with Gasteiger partial charge in [-0.15, -0.1) is 0 Å². The van der Waals surface area contributed by atoms with Crippen LogP contribution in [0.1, 0.15) is 27.8 Å². The Balaban J connectivity index is 1.31. The lowest BCUT2D eigenvalue weighted by Crippen LogP contribution is -2.64. The maximum absolute atomic E-state index is 6.91. The number of piperidine rings is 1. The second-order valence-corrected chi connectivity index (χ2v) is 11.8. The summed E-state index contributed by atoms with van der Waals surface area (Å²) < 4.78 is 27.0. The fraction of sp³-hybridized carbons (Fsp3) is 0.268. The summed E-state index contributed by atoms with van der Waals surface area (Å²) in [5.41, 5.74) is 5.76. The molecule has 0 radical (unpaired) electrons. The lowest BCUT2D eigenvalue weighted by molar-refractivity contribution is -0.212. The van der Waals surface area contributed by atoms with E-state index in [1.54, 1.807) is 0 Å². The van der Waals surface area contributed by atoms with Gasteiger partial charge in [0.1, 0.15) is 12.2 Å². The summed E-state index contributed by atoms with van der Waals surface area (Å²) in [5, 5.41) is 0. The molecule has 6 rings (SSSR count). The van der Waals surface area contributed by atoms with Crippen molar-refractivity contribution >= 4 is 0 Å². The summed E-state index contributed by atoms with van der Waals surface area (Å²) in [5.74, 6) is 0. The topological polar surface area (TPSA) is 40.2 Å². The fourth-order valence-corrected chi connectivity index (χ4v) is 6.05. The Morgan fingerprint density at radius 3 is 1.30 bits per heavy atom. The van der Waals surface area contributed by atoms with Crippen LogP contribution in [0.3, 0.4) is 0 Å². The van der Waals surface area contributed by atoms with E-state index < -0.39 is 0 Å². The van der Waals surface area contributed by atoms with E-state index in [9.17, 15) is 0 Å². The normalized spacial score (nSPS) is 20.0. The predicted molar refractivity (Wildman–Crippen MR) is 182 cm³/mol. The van der Waals surface area contributed by atoms with Gasteiger partial charge in [-0.3, -0.25) is 4.90 Å². The van der Waals surface area contributed by atoms with E-state index in [0.717, 1.165) is 28.8 Å². The number of hydrogen-bond donors (Lipinski definition) is 0. The second-order valence-electron chi connectivity index (χ2n) is 11.8. The van der Waals surface area contributed by atoms with Crippen molar-refractivity contribution in [3.8, 4) is 0 Å². The number of benzene rings is 5. The van der Waals surface area contributed by atoms with E-state index in [0.29, 0.717) is 39.6 Å². The zero-order valence-electron chi connectivity index (χ0n) is 26.3. The molecular weight excluding hydrogens is 570 g/mol. The average Bonchev–Trinajstić information content (AvgIpc) is 3.12. The van der Waals surface area contributed by atoms with Crippen molar-refractivity contribution in [1.29, 1.82) is 0 Å². The summed E-state index contributed by atoms with van der Waals surface area (Å²) in [7, 11) is 0. The van der Waals surface area contributed by atoms with Crippen LogP contribution < -0.4 is 0 Å². The van der Waals surface area contributed by atoms with E-state index >= 15 is 0 Å². The third-order valence-electron chi connectivity index (χ3n) is 8.46. The van der Waals surface area contributed by atoms with E-state index in [-0.39, 0.29) is 24.4 Å². The highest BCUT2D eigenvalue weighted by Crippen LogP contribution is 2.30. The number of nitrogens with zero attached hydrogens (tertiary/aromatic N) is 1. The second kappa shape index (κ2) is 17.0. The first-order valence-corrected chi connectivity index (χ1v) is 16.2. The molecule has 0 saturated carbocycles. The zero-order valence-corrected chi connectivity index (χ0v) is 26.3. The van der Waals surface area contributed by atoms with Gasteiger partial charge in [-0.25, -0.2) is 0 Å². The summed E-state index contributed by atoms with van der Waals surface area (Å²) in [4.78, 5) is 2.47. The molecule has 236 valence electrons. The van der Waals surface area contributed by atoms with Gasteiger partial charge in [-0.1, -0.05) is 152 Å². The van der Waals surface area contributed by atoms with Gasteiger partial charge in [0.05, 0.1) is 45.2 Å². The van der Waals surface area contributed by atoms with Crippen molar-refractivity contribution in [1.82, 2.24) is 4.90 Å². The van der Waals surface area contributed by atoms with Gasteiger partial charge in [0.25, 0.3) is 0 Å². The first-order chi connectivity index (χ1) is 22.8. The molecule has 2 unspecified atom stereocenters. The smallest absolute Gasteiger partial charge is 0.113 e. The predicted octanol–water partition coefficient (Wildman–Crippen LogP) is 7.84. The molecule has 1 saturated heterocycles.